The van der Waals surface area contributed by atoms with E-state index in [-0.39, 0.29) is 18.0 Å². The van der Waals surface area contributed by atoms with Gasteiger partial charge in [0.2, 0.25) is 5.91 Å². The Morgan fingerprint density at radius 2 is 1.60 bits per heavy atom. The molecule has 2 saturated heterocycles. The molecule has 2 aliphatic rings. The van der Waals surface area contributed by atoms with Gasteiger partial charge >= 0.3 is 6.09 Å². The maximum absolute atomic E-state index is 13.8. The number of rotatable bonds is 3. The Morgan fingerprint density at radius 1 is 0.943 bits per heavy atom. The minimum Gasteiger partial charge on any atom is -0.444 e. The minimum absolute atomic E-state index is 0.114. The van der Waals surface area contributed by atoms with E-state index >= 15 is 0 Å². The van der Waals surface area contributed by atoms with Gasteiger partial charge in [-0.1, -0.05) is 48.5 Å². The molecular weight excluding hydrogens is 438 g/mol. The largest absolute Gasteiger partial charge is 0.444 e. The third-order valence-corrected chi connectivity index (χ3v) is 6.99. The van der Waals surface area contributed by atoms with Gasteiger partial charge in [-0.3, -0.25) is 9.78 Å². The van der Waals surface area contributed by atoms with Gasteiger partial charge in [0.05, 0.1) is 11.5 Å². The fraction of sp³-hybridized carbons (Fsp3) is 0.345. The van der Waals surface area contributed by atoms with Gasteiger partial charge in [0.25, 0.3) is 0 Å². The van der Waals surface area contributed by atoms with Crippen LogP contribution in [0.2, 0.25) is 0 Å². The van der Waals surface area contributed by atoms with Gasteiger partial charge < -0.3 is 14.5 Å². The minimum atomic E-state index is -0.542. The molecule has 1 aromatic heterocycles. The molecular formula is C29H31N3O3. The van der Waals surface area contributed by atoms with Crippen LogP contribution in [0.4, 0.5) is 10.5 Å². The highest BCUT2D eigenvalue weighted by Gasteiger charge is 2.62. The first-order valence-electron chi connectivity index (χ1n) is 12.2. The summed E-state index contributed by atoms with van der Waals surface area (Å²) in [4.78, 5) is 34.3. The van der Waals surface area contributed by atoms with Crippen molar-refractivity contribution in [3.8, 4) is 11.1 Å². The van der Waals surface area contributed by atoms with Crippen LogP contribution < -0.4 is 4.90 Å². The summed E-state index contributed by atoms with van der Waals surface area (Å²) in [5.74, 6) is 0.114. The smallest absolute Gasteiger partial charge is 0.410 e. The molecule has 2 aliphatic heterocycles. The molecule has 0 N–H and O–H groups in total. The van der Waals surface area contributed by atoms with Crippen molar-refractivity contribution in [3.63, 3.8) is 0 Å². The molecule has 1 spiro atoms. The number of aromatic nitrogens is 1. The molecule has 6 heteroatoms. The van der Waals surface area contributed by atoms with Crippen molar-refractivity contribution in [2.45, 2.75) is 45.3 Å². The lowest BCUT2D eigenvalue weighted by atomic mass is 9.62. The van der Waals surface area contributed by atoms with E-state index in [9.17, 15) is 9.59 Å². The van der Waals surface area contributed by atoms with Gasteiger partial charge in [0.1, 0.15) is 5.60 Å². The molecule has 3 aromatic rings. The first-order chi connectivity index (χ1) is 16.8. The molecule has 1 atom stereocenters. The van der Waals surface area contributed by atoms with Crippen molar-refractivity contribution in [3.05, 3.63) is 84.7 Å². The highest BCUT2D eigenvalue weighted by atomic mass is 16.6. The Labute approximate surface area is 206 Å². The van der Waals surface area contributed by atoms with Crippen LogP contribution in [0.5, 0.6) is 0 Å². The molecule has 2 amide bonds. The van der Waals surface area contributed by atoms with Crippen LogP contribution in [-0.2, 0) is 9.53 Å². The second kappa shape index (κ2) is 8.84. The van der Waals surface area contributed by atoms with Crippen LogP contribution in [0.1, 0.15) is 45.2 Å². The summed E-state index contributed by atoms with van der Waals surface area (Å²) in [6.07, 6.45) is 4.49. The third-order valence-electron chi connectivity index (χ3n) is 6.99. The first-order valence-corrected chi connectivity index (χ1v) is 12.2. The predicted molar refractivity (Wildman–Crippen MR) is 136 cm³/mol. The summed E-state index contributed by atoms with van der Waals surface area (Å²) in [6, 6.07) is 22.2. The maximum atomic E-state index is 13.8. The zero-order chi connectivity index (χ0) is 24.6. The normalized spacial score (nSPS) is 19.4. The fourth-order valence-corrected chi connectivity index (χ4v) is 5.27. The number of benzene rings is 2. The number of carbonyl (C=O) groups excluding carboxylic acids is 2. The number of hydrogen-bond donors (Lipinski definition) is 0. The van der Waals surface area contributed by atoms with E-state index in [2.05, 4.69) is 29.2 Å². The van der Waals surface area contributed by atoms with Gasteiger partial charge in [0.15, 0.2) is 0 Å². The van der Waals surface area contributed by atoms with E-state index in [0.717, 1.165) is 22.4 Å². The lowest BCUT2D eigenvalue weighted by molar-refractivity contribution is -0.144. The number of piperidine rings is 1. The molecule has 1 unspecified atom stereocenters. The van der Waals surface area contributed by atoms with Crippen molar-refractivity contribution in [1.29, 1.82) is 0 Å². The highest BCUT2D eigenvalue weighted by Crippen LogP contribution is 2.57. The van der Waals surface area contributed by atoms with Crippen LogP contribution in [-0.4, -0.2) is 40.6 Å². The second-order valence-electron chi connectivity index (χ2n) is 10.4. The third kappa shape index (κ3) is 4.29. The summed E-state index contributed by atoms with van der Waals surface area (Å²) in [5, 5.41) is 0. The molecule has 35 heavy (non-hydrogen) atoms. The van der Waals surface area contributed by atoms with Crippen molar-refractivity contribution >= 4 is 17.7 Å². The molecule has 3 heterocycles. The van der Waals surface area contributed by atoms with Gasteiger partial charge in [0, 0.05) is 31.2 Å². The van der Waals surface area contributed by atoms with Crippen molar-refractivity contribution in [1.82, 2.24) is 9.88 Å². The number of carbonyl (C=O) groups is 2. The number of pyridine rings is 1. The number of anilines is 1. The Kier molecular flexibility index (Phi) is 5.83. The van der Waals surface area contributed by atoms with E-state index < -0.39 is 11.0 Å². The van der Waals surface area contributed by atoms with Crippen molar-refractivity contribution in [2.24, 2.45) is 5.41 Å². The van der Waals surface area contributed by atoms with Gasteiger partial charge in [-0.05, 0) is 68.5 Å². The maximum Gasteiger partial charge on any atom is 0.410 e. The fourth-order valence-electron chi connectivity index (χ4n) is 5.27. The summed E-state index contributed by atoms with van der Waals surface area (Å²) < 4.78 is 5.56. The van der Waals surface area contributed by atoms with Crippen LogP contribution in [0.3, 0.4) is 0 Å². The van der Waals surface area contributed by atoms with Crippen LogP contribution in [0.15, 0.2) is 79.1 Å². The average Bonchev–Trinajstić information content (AvgIpc) is 2.87. The zero-order valence-electron chi connectivity index (χ0n) is 20.5. The molecule has 5 rings (SSSR count). The van der Waals surface area contributed by atoms with Gasteiger partial charge in [-0.2, -0.15) is 0 Å². The number of nitrogens with zero attached hydrogens (tertiary/aromatic N) is 3. The summed E-state index contributed by atoms with van der Waals surface area (Å²) >= 11 is 0. The lowest BCUT2D eigenvalue weighted by Gasteiger charge is -2.58. The first kappa shape index (κ1) is 23.1. The Morgan fingerprint density at radius 3 is 2.20 bits per heavy atom. The number of hydrogen-bond acceptors (Lipinski definition) is 4. The number of likely N-dealkylation sites (tertiary alicyclic amines) is 1. The van der Waals surface area contributed by atoms with E-state index in [1.807, 2.05) is 74.3 Å². The highest BCUT2D eigenvalue weighted by molar-refractivity contribution is 6.06. The molecule has 0 bridgehead atoms. The van der Waals surface area contributed by atoms with Gasteiger partial charge in [-0.15, -0.1) is 0 Å². The Balaban J connectivity index is 1.40. The topological polar surface area (TPSA) is 62.7 Å². The SMILES string of the molecule is CC(C)(C)OC(=O)N1CCC2(CC1)C(=O)N(c1ccc(-c3ccccc3)cc1)C2c1cccnc1. The Hall–Kier alpha value is -3.67. The predicted octanol–water partition coefficient (Wildman–Crippen LogP) is 5.85. The number of amides is 2. The van der Waals surface area contributed by atoms with E-state index in [0.29, 0.717) is 25.9 Å². The molecule has 2 fully saturated rings. The van der Waals surface area contributed by atoms with E-state index in [1.54, 1.807) is 11.1 Å². The van der Waals surface area contributed by atoms with Crippen LogP contribution >= 0.6 is 0 Å². The molecule has 0 aliphatic carbocycles. The molecule has 0 radical (unpaired) electrons. The molecule has 6 nitrogen and oxygen atoms in total. The standard InChI is InChI=1S/C29H31N3O3/c1-28(2,3)35-27(34)31-18-15-29(16-19-31)25(23-10-7-17-30-20-23)32(26(29)33)24-13-11-22(12-14-24)21-8-5-4-6-9-21/h4-14,17,20,25H,15-16,18-19H2,1-3H3. The average molecular weight is 470 g/mol. The number of ether oxygens (including phenoxy) is 1. The monoisotopic (exact) mass is 469 g/mol. The summed E-state index contributed by atoms with van der Waals surface area (Å²) in [5.41, 5.74) is 3.07. The van der Waals surface area contributed by atoms with Crippen LogP contribution in [0, 0.1) is 5.41 Å². The zero-order valence-corrected chi connectivity index (χ0v) is 20.5. The van der Waals surface area contributed by atoms with Crippen molar-refractivity contribution in [2.75, 3.05) is 18.0 Å². The van der Waals surface area contributed by atoms with Crippen LogP contribution in [0.25, 0.3) is 11.1 Å². The lowest BCUT2D eigenvalue weighted by Crippen LogP contribution is -2.67. The quantitative estimate of drug-likeness (QED) is 0.451. The Bertz CT molecular complexity index is 1200. The molecule has 180 valence electrons. The second-order valence-corrected chi connectivity index (χ2v) is 10.4. The van der Waals surface area contributed by atoms with Crippen molar-refractivity contribution < 1.29 is 14.3 Å². The summed E-state index contributed by atoms with van der Waals surface area (Å²) in [6.45, 7) is 6.60. The van der Waals surface area contributed by atoms with Gasteiger partial charge in [-0.25, -0.2) is 4.79 Å². The molecule has 2 aromatic carbocycles. The number of β-lactam (4-membered cyclic amide) rings is 1. The molecule has 0 saturated carbocycles. The van der Waals surface area contributed by atoms with E-state index in [1.165, 1.54) is 0 Å². The van der Waals surface area contributed by atoms with E-state index in [4.69, 9.17) is 4.74 Å². The summed E-state index contributed by atoms with van der Waals surface area (Å²) in [7, 11) is 0.